The fourth-order valence-electron chi connectivity index (χ4n) is 4.54. The Labute approximate surface area is 190 Å². The van der Waals surface area contributed by atoms with Crippen LogP contribution < -0.4 is 10.6 Å². The van der Waals surface area contributed by atoms with Gasteiger partial charge in [0.25, 0.3) is 0 Å². The summed E-state index contributed by atoms with van der Waals surface area (Å²) in [5.74, 6) is 0.0255. The Bertz CT molecular complexity index is 777. The van der Waals surface area contributed by atoms with E-state index in [1.807, 2.05) is 49.2 Å². The van der Waals surface area contributed by atoms with Crippen molar-refractivity contribution >= 4 is 17.9 Å². The molecule has 1 unspecified atom stereocenters. The molecule has 0 radical (unpaired) electrons. The lowest BCUT2D eigenvalue weighted by Gasteiger charge is -2.51. The van der Waals surface area contributed by atoms with Gasteiger partial charge in [-0.05, 0) is 51.1 Å². The van der Waals surface area contributed by atoms with Crippen molar-refractivity contribution in [3.8, 4) is 0 Å². The molecule has 1 atom stereocenters. The third-order valence-electron chi connectivity index (χ3n) is 6.47. The summed E-state index contributed by atoms with van der Waals surface area (Å²) < 4.78 is 5.20. The minimum Gasteiger partial charge on any atom is -0.445 e. The smallest absolute Gasteiger partial charge is 0.407 e. The van der Waals surface area contributed by atoms with Crippen molar-refractivity contribution in [2.45, 2.75) is 63.6 Å². The van der Waals surface area contributed by atoms with Gasteiger partial charge in [-0.15, -0.1) is 0 Å². The molecule has 2 saturated heterocycles. The van der Waals surface area contributed by atoms with Gasteiger partial charge in [-0.25, -0.2) is 4.79 Å². The quantitative estimate of drug-likeness (QED) is 0.571. The van der Waals surface area contributed by atoms with E-state index in [0.717, 1.165) is 31.5 Å². The molecule has 2 aliphatic rings. The first-order valence-electron chi connectivity index (χ1n) is 11.7. The molecule has 32 heavy (non-hydrogen) atoms. The molecule has 0 aromatic heterocycles. The highest BCUT2D eigenvalue weighted by Gasteiger charge is 2.52. The van der Waals surface area contributed by atoms with Gasteiger partial charge in [-0.2, -0.15) is 0 Å². The second kappa shape index (κ2) is 11.3. The molecule has 8 heteroatoms. The van der Waals surface area contributed by atoms with Gasteiger partial charge < -0.3 is 25.2 Å². The Hall–Kier alpha value is -2.61. The van der Waals surface area contributed by atoms with Gasteiger partial charge in [0.15, 0.2) is 0 Å². The lowest BCUT2D eigenvalue weighted by molar-refractivity contribution is -0.161. The molecule has 2 aliphatic heterocycles. The van der Waals surface area contributed by atoms with Crippen LogP contribution in [0.25, 0.3) is 0 Å². The van der Waals surface area contributed by atoms with Crippen molar-refractivity contribution in [1.29, 1.82) is 0 Å². The number of hydrogen-bond acceptors (Lipinski definition) is 5. The van der Waals surface area contributed by atoms with Crippen LogP contribution in [-0.4, -0.2) is 72.5 Å². The van der Waals surface area contributed by atoms with Crippen molar-refractivity contribution < 1.29 is 19.1 Å². The van der Waals surface area contributed by atoms with E-state index in [1.165, 1.54) is 0 Å². The normalized spacial score (nSPS) is 20.8. The van der Waals surface area contributed by atoms with Crippen LogP contribution in [0.1, 0.15) is 51.0 Å². The summed E-state index contributed by atoms with van der Waals surface area (Å²) in [7, 11) is 2.05. The van der Waals surface area contributed by atoms with Crippen LogP contribution in [0.15, 0.2) is 30.3 Å². The average molecular weight is 445 g/mol. The Morgan fingerprint density at radius 2 is 1.91 bits per heavy atom. The van der Waals surface area contributed by atoms with Crippen molar-refractivity contribution in [2.24, 2.45) is 0 Å². The molecule has 3 amide bonds. The Kier molecular flexibility index (Phi) is 8.50. The number of benzene rings is 1. The zero-order valence-corrected chi connectivity index (χ0v) is 19.3. The Morgan fingerprint density at radius 1 is 1.19 bits per heavy atom. The van der Waals surface area contributed by atoms with Crippen LogP contribution in [0.3, 0.4) is 0 Å². The second-order valence-corrected chi connectivity index (χ2v) is 8.84. The number of carbonyl (C=O) groups excluding carboxylic acids is 3. The molecule has 3 rings (SSSR count). The van der Waals surface area contributed by atoms with Gasteiger partial charge in [-0.1, -0.05) is 37.3 Å². The summed E-state index contributed by atoms with van der Waals surface area (Å²) in [6.45, 7) is 4.99. The molecule has 1 spiro atoms. The van der Waals surface area contributed by atoms with Crippen molar-refractivity contribution in [3.63, 3.8) is 0 Å². The van der Waals surface area contributed by atoms with E-state index < -0.39 is 17.7 Å². The number of ether oxygens (including phenoxy) is 1. The summed E-state index contributed by atoms with van der Waals surface area (Å²) in [4.78, 5) is 42.2. The number of nitrogens with zero attached hydrogens (tertiary/aromatic N) is 2. The highest BCUT2D eigenvalue weighted by atomic mass is 16.5. The van der Waals surface area contributed by atoms with Crippen LogP contribution >= 0.6 is 0 Å². The summed E-state index contributed by atoms with van der Waals surface area (Å²) in [6, 6.07) is 9.04. The number of carbonyl (C=O) groups is 3. The number of unbranched alkanes of at least 4 members (excludes halogenated alkanes) is 1. The monoisotopic (exact) mass is 444 g/mol. The van der Waals surface area contributed by atoms with Crippen LogP contribution in [-0.2, 0) is 20.9 Å². The standard InChI is InChI=1S/C24H36N4O4/c1-3-15-28-21(29)20(26-22(30)24(28)12-16-27(2)17-13-24)11-7-8-14-25-23(31)32-18-19-9-5-4-6-10-19/h4-6,9-10,20H,3,7-8,11-18H2,1-2H3,(H,25,31)(H,26,30). The van der Waals surface area contributed by atoms with Gasteiger partial charge in [0.05, 0.1) is 0 Å². The van der Waals surface area contributed by atoms with Gasteiger partial charge in [0.1, 0.15) is 18.2 Å². The molecule has 0 aliphatic carbocycles. The van der Waals surface area contributed by atoms with Crippen LogP contribution in [0.4, 0.5) is 4.79 Å². The molecule has 0 saturated carbocycles. The van der Waals surface area contributed by atoms with Gasteiger partial charge >= 0.3 is 6.09 Å². The highest BCUT2D eigenvalue weighted by molar-refractivity contribution is 6.00. The van der Waals surface area contributed by atoms with Crippen LogP contribution in [0.5, 0.6) is 0 Å². The minimum absolute atomic E-state index is 0.00809. The number of piperidine rings is 1. The molecule has 1 aromatic rings. The molecule has 0 bridgehead atoms. The topological polar surface area (TPSA) is 91.0 Å². The maximum absolute atomic E-state index is 13.2. The summed E-state index contributed by atoms with van der Waals surface area (Å²) in [6.07, 6.45) is 3.76. The number of hydrogen-bond donors (Lipinski definition) is 2. The maximum atomic E-state index is 13.2. The lowest BCUT2D eigenvalue weighted by atomic mass is 9.81. The zero-order valence-electron chi connectivity index (χ0n) is 19.3. The van der Waals surface area contributed by atoms with Gasteiger partial charge in [0.2, 0.25) is 11.8 Å². The van der Waals surface area contributed by atoms with E-state index in [2.05, 4.69) is 15.5 Å². The number of rotatable bonds is 9. The minimum atomic E-state index is -0.694. The molecule has 176 valence electrons. The molecule has 2 fully saturated rings. The Balaban J connectivity index is 1.42. The number of piperazine rings is 1. The zero-order chi connectivity index (χ0) is 23.0. The van der Waals surface area contributed by atoms with E-state index in [0.29, 0.717) is 38.8 Å². The molecule has 8 nitrogen and oxygen atoms in total. The van der Waals surface area contributed by atoms with Crippen LogP contribution in [0, 0.1) is 0 Å². The number of nitrogens with one attached hydrogen (secondary N) is 2. The lowest BCUT2D eigenvalue weighted by Crippen LogP contribution is -2.72. The van der Waals surface area contributed by atoms with Crippen LogP contribution in [0.2, 0.25) is 0 Å². The number of likely N-dealkylation sites (tertiary alicyclic amines) is 1. The van der Waals surface area contributed by atoms with E-state index in [-0.39, 0.29) is 18.4 Å². The van der Waals surface area contributed by atoms with Gasteiger partial charge in [0, 0.05) is 26.2 Å². The van der Waals surface area contributed by atoms with Crippen molar-refractivity contribution in [2.75, 3.05) is 33.2 Å². The molecular formula is C24H36N4O4. The molecule has 2 heterocycles. The fourth-order valence-corrected chi connectivity index (χ4v) is 4.54. The third kappa shape index (κ3) is 5.79. The molecule has 1 aromatic carbocycles. The van der Waals surface area contributed by atoms with Crippen molar-refractivity contribution in [1.82, 2.24) is 20.4 Å². The summed E-state index contributed by atoms with van der Waals surface area (Å²) in [5, 5.41) is 5.75. The Morgan fingerprint density at radius 3 is 2.59 bits per heavy atom. The first kappa shape index (κ1) is 24.0. The first-order valence-corrected chi connectivity index (χ1v) is 11.7. The first-order chi connectivity index (χ1) is 15.5. The van der Waals surface area contributed by atoms with Gasteiger partial charge in [-0.3, -0.25) is 9.59 Å². The number of amides is 3. The van der Waals surface area contributed by atoms with E-state index in [1.54, 1.807) is 0 Å². The summed E-state index contributed by atoms with van der Waals surface area (Å²) in [5.41, 5.74) is 0.244. The maximum Gasteiger partial charge on any atom is 0.407 e. The van der Waals surface area contributed by atoms with Crippen molar-refractivity contribution in [3.05, 3.63) is 35.9 Å². The van der Waals surface area contributed by atoms with E-state index >= 15 is 0 Å². The van der Waals surface area contributed by atoms with E-state index in [9.17, 15) is 14.4 Å². The third-order valence-corrected chi connectivity index (χ3v) is 6.47. The fraction of sp³-hybridized carbons (Fsp3) is 0.625. The second-order valence-electron chi connectivity index (χ2n) is 8.84. The highest BCUT2D eigenvalue weighted by Crippen LogP contribution is 2.33. The average Bonchev–Trinajstić information content (AvgIpc) is 2.80. The molecular weight excluding hydrogens is 408 g/mol. The van der Waals surface area contributed by atoms with E-state index in [4.69, 9.17) is 4.74 Å². The largest absolute Gasteiger partial charge is 0.445 e. The SMILES string of the molecule is CCCN1C(=O)C(CCCCNC(=O)OCc2ccccc2)NC(=O)C12CCN(C)CC2. The predicted octanol–water partition coefficient (Wildman–Crippen LogP) is 2.28. The molecule has 2 N–H and O–H groups in total. The number of alkyl carbamates (subject to hydrolysis) is 1. The summed E-state index contributed by atoms with van der Waals surface area (Å²) >= 11 is 0. The predicted molar refractivity (Wildman–Crippen MR) is 122 cm³/mol.